The molecule has 3 nitrogen and oxygen atoms in total. The highest BCUT2D eigenvalue weighted by molar-refractivity contribution is 5.56. The van der Waals surface area contributed by atoms with Crippen LogP contribution >= 0.6 is 0 Å². The van der Waals surface area contributed by atoms with Crippen LogP contribution in [0.1, 0.15) is 25.8 Å². The maximum Gasteiger partial charge on any atom is 0.148 e. The zero-order chi connectivity index (χ0) is 17.8. The molecular formula is C21H28FN3. The van der Waals surface area contributed by atoms with Crippen LogP contribution in [0.3, 0.4) is 0 Å². The van der Waals surface area contributed by atoms with Gasteiger partial charge in [-0.3, -0.25) is 4.90 Å². The second-order valence-electron chi connectivity index (χ2n) is 7.22. The zero-order valence-electron chi connectivity index (χ0n) is 15.4. The Morgan fingerprint density at radius 1 is 1.20 bits per heavy atom. The topological polar surface area (TPSA) is 18.5 Å². The molecule has 0 aromatic heterocycles. The number of hydrogen-bond acceptors (Lipinski definition) is 3. The van der Waals surface area contributed by atoms with Gasteiger partial charge in [0, 0.05) is 44.5 Å². The minimum atomic E-state index is -0.166. The van der Waals surface area contributed by atoms with Crippen molar-refractivity contribution in [2.24, 2.45) is 0 Å². The van der Waals surface area contributed by atoms with Crippen molar-refractivity contribution in [2.75, 3.05) is 30.4 Å². The first-order valence-electron chi connectivity index (χ1n) is 9.08. The van der Waals surface area contributed by atoms with Crippen LogP contribution in [-0.2, 0) is 6.54 Å². The van der Waals surface area contributed by atoms with Crippen LogP contribution in [0.25, 0.3) is 0 Å². The second-order valence-corrected chi connectivity index (χ2v) is 7.22. The third kappa shape index (κ3) is 4.51. The van der Waals surface area contributed by atoms with E-state index in [1.54, 1.807) is 6.07 Å². The molecule has 1 aliphatic rings. The van der Waals surface area contributed by atoms with Crippen molar-refractivity contribution in [1.29, 1.82) is 0 Å². The fraction of sp³-hybridized carbons (Fsp3) is 0.429. The van der Waals surface area contributed by atoms with E-state index in [0.29, 0.717) is 11.7 Å². The average Bonchev–Trinajstić information content (AvgIpc) is 3.02. The van der Waals surface area contributed by atoms with E-state index >= 15 is 0 Å². The van der Waals surface area contributed by atoms with Gasteiger partial charge in [0.25, 0.3) is 0 Å². The molecule has 134 valence electrons. The van der Waals surface area contributed by atoms with Gasteiger partial charge >= 0.3 is 0 Å². The van der Waals surface area contributed by atoms with E-state index in [4.69, 9.17) is 0 Å². The van der Waals surface area contributed by atoms with E-state index in [-0.39, 0.29) is 11.9 Å². The van der Waals surface area contributed by atoms with Crippen LogP contribution in [-0.4, -0.2) is 37.1 Å². The van der Waals surface area contributed by atoms with E-state index in [1.807, 2.05) is 30.1 Å². The van der Waals surface area contributed by atoms with E-state index in [2.05, 4.69) is 48.3 Å². The Bertz CT molecular complexity index is 687. The lowest BCUT2D eigenvalue weighted by atomic mass is 10.2. The van der Waals surface area contributed by atoms with Gasteiger partial charge in [0.15, 0.2) is 0 Å². The van der Waals surface area contributed by atoms with Crippen molar-refractivity contribution in [2.45, 2.75) is 38.9 Å². The zero-order valence-corrected chi connectivity index (χ0v) is 15.4. The molecule has 2 aromatic rings. The fourth-order valence-electron chi connectivity index (χ4n) is 3.33. The number of halogens is 1. The summed E-state index contributed by atoms with van der Waals surface area (Å²) in [6.45, 7) is 7.16. The Hall–Kier alpha value is -2.07. The van der Waals surface area contributed by atoms with E-state index in [0.717, 1.165) is 31.7 Å². The number of anilines is 2. The quantitative estimate of drug-likeness (QED) is 0.842. The SMILES string of the molecule is CC(C)N(C)c1ccc(NC2CCN(Cc3ccccc3)C2)cc1F. The molecule has 2 aromatic carbocycles. The van der Waals surface area contributed by atoms with Crippen LogP contribution in [0, 0.1) is 5.82 Å². The summed E-state index contributed by atoms with van der Waals surface area (Å²) >= 11 is 0. The predicted octanol–water partition coefficient (Wildman–Crippen LogP) is 4.36. The minimum Gasteiger partial charge on any atom is -0.381 e. The van der Waals surface area contributed by atoms with Crippen molar-refractivity contribution < 1.29 is 4.39 Å². The highest BCUT2D eigenvalue weighted by Gasteiger charge is 2.22. The number of nitrogens with one attached hydrogen (secondary N) is 1. The molecule has 0 amide bonds. The van der Waals surface area contributed by atoms with E-state index < -0.39 is 0 Å². The maximum absolute atomic E-state index is 14.4. The molecule has 0 radical (unpaired) electrons. The molecule has 1 aliphatic heterocycles. The highest BCUT2D eigenvalue weighted by atomic mass is 19.1. The van der Waals surface area contributed by atoms with Gasteiger partial charge in [-0.15, -0.1) is 0 Å². The number of benzene rings is 2. The first-order chi connectivity index (χ1) is 12.0. The Balaban J connectivity index is 1.57. The number of hydrogen-bond donors (Lipinski definition) is 1. The van der Waals surface area contributed by atoms with Crippen LogP contribution in [0.15, 0.2) is 48.5 Å². The monoisotopic (exact) mass is 341 g/mol. The molecule has 1 atom stereocenters. The van der Waals surface area contributed by atoms with Crippen molar-refractivity contribution in [3.8, 4) is 0 Å². The summed E-state index contributed by atoms with van der Waals surface area (Å²) in [5, 5.41) is 3.49. The average molecular weight is 341 g/mol. The largest absolute Gasteiger partial charge is 0.381 e. The second kappa shape index (κ2) is 7.87. The van der Waals surface area contributed by atoms with Crippen LogP contribution in [0.2, 0.25) is 0 Å². The summed E-state index contributed by atoms with van der Waals surface area (Å²) in [7, 11) is 1.93. The Labute approximate surface area is 150 Å². The molecule has 0 aliphatic carbocycles. The third-order valence-electron chi connectivity index (χ3n) is 4.99. The van der Waals surface area contributed by atoms with Crippen molar-refractivity contribution in [3.63, 3.8) is 0 Å². The van der Waals surface area contributed by atoms with Gasteiger partial charge in [0.05, 0.1) is 5.69 Å². The molecule has 1 heterocycles. The number of nitrogens with zero attached hydrogens (tertiary/aromatic N) is 2. The number of rotatable bonds is 6. The lowest BCUT2D eigenvalue weighted by molar-refractivity contribution is 0.328. The summed E-state index contributed by atoms with van der Waals surface area (Å²) in [6, 6.07) is 16.7. The van der Waals surface area contributed by atoms with Gasteiger partial charge in [0.1, 0.15) is 5.82 Å². The lowest BCUT2D eigenvalue weighted by Gasteiger charge is -2.25. The Kier molecular flexibility index (Phi) is 5.59. The minimum absolute atomic E-state index is 0.166. The molecule has 0 spiro atoms. The Morgan fingerprint density at radius 3 is 2.64 bits per heavy atom. The number of likely N-dealkylation sites (tertiary alicyclic amines) is 1. The van der Waals surface area contributed by atoms with Crippen LogP contribution in [0.4, 0.5) is 15.8 Å². The molecule has 0 saturated carbocycles. The van der Waals surface area contributed by atoms with E-state index in [9.17, 15) is 4.39 Å². The molecule has 4 heteroatoms. The van der Waals surface area contributed by atoms with Crippen molar-refractivity contribution >= 4 is 11.4 Å². The van der Waals surface area contributed by atoms with Gasteiger partial charge in [0.2, 0.25) is 0 Å². The first kappa shape index (κ1) is 17.7. The van der Waals surface area contributed by atoms with Gasteiger partial charge in [-0.05, 0) is 44.0 Å². The molecule has 3 rings (SSSR count). The molecule has 1 unspecified atom stereocenters. The molecule has 1 fully saturated rings. The van der Waals surface area contributed by atoms with Gasteiger partial charge in [-0.2, -0.15) is 0 Å². The summed E-state index contributed by atoms with van der Waals surface area (Å²) in [5.41, 5.74) is 2.86. The van der Waals surface area contributed by atoms with Gasteiger partial charge < -0.3 is 10.2 Å². The summed E-state index contributed by atoms with van der Waals surface area (Å²) in [6.07, 6.45) is 1.09. The van der Waals surface area contributed by atoms with E-state index in [1.165, 1.54) is 5.56 Å². The standard InChI is InChI=1S/C21H28FN3/c1-16(2)24(3)21-10-9-18(13-20(21)22)23-19-11-12-25(15-19)14-17-7-5-4-6-8-17/h4-10,13,16,19,23H,11-12,14-15H2,1-3H3. The summed E-state index contributed by atoms with van der Waals surface area (Å²) in [4.78, 5) is 4.40. The highest BCUT2D eigenvalue weighted by Crippen LogP contribution is 2.25. The summed E-state index contributed by atoms with van der Waals surface area (Å²) < 4.78 is 14.4. The Morgan fingerprint density at radius 2 is 1.96 bits per heavy atom. The van der Waals surface area contributed by atoms with Gasteiger partial charge in [-0.25, -0.2) is 4.39 Å². The molecule has 25 heavy (non-hydrogen) atoms. The first-order valence-corrected chi connectivity index (χ1v) is 9.08. The third-order valence-corrected chi connectivity index (χ3v) is 4.99. The van der Waals surface area contributed by atoms with Crippen LogP contribution < -0.4 is 10.2 Å². The lowest BCUT2D eigenvalue weighted by Crippen LogP contribution is -2.27. The molecule has 1 N–H and O–H groups in total. The fourth-order valence-corrected chi connectivity index (χ4v) is 3.33. The predicted molar refractivity (Wildman–Crippen MR) is 104 cm³/mol. The van der Waals surface area contributed by atoms with Gasteiger partial charge in [-0.1, -0.05) is 30.3 Å². The van der Waals surface area contributed by atoms with Crippen molar-refractivity contribution in [1.82, 2.24) is 4.90 Å². The van der Waals surface area contributed by atoms with Crippen molar-refractivity contribution in [3.05, 3.63) is 59.9 Å². The smallest absolute Gasteiger partial charge is 0.148 e. The molecule has 1 saturated heterocycles. The molecule has 0 bridgehead atoms. The normalized spacial score (nSPS) is 17.9. The maximum atomic E-state index is 14.4. The molecular weight excluding hydrogens is 313 g/mol. The van der Waals surface area contributed by atoms with Crippen LogP contribution in [0.5, 0.6) is 0 Å². The summed E-state index contributed by atoms with van der Waals surface area (Å²) in [5.74, 6) is -0.166.